The van der Waals surface area contributed by atoms with E-state index in [1.165, 1.54) is 18.4 Å². The van der Waals surface area contributed by atoms with Gasteiger partial charge in [-0.3, -0.25) is 0 Å². The molecule has 2 heterocycles. The lowest BCUT2D eigenvalue weighted by molar-refractivity contribution is 0.394. The van der Waals surface area contributed by atoms with Crippen molar-refractivity contribution >= 4 is 15.9 Å². The fraction of sp³-hybridized carbons (Fsp3) is 0.545. The van der Waals surface area contributed by atoms with E-state index in [2.05, 4.69) is 26.2 Å². The van der Waals surface area contributed by atoms with Gasteiger partial charge < -0.3 is 10.1 Å². The van der Waals surface area contributed by atoms with E-state index in [-0.39, 0.29) is 0 Å². The molecule has 1 aromatic rings. The summed E-state index contributed by atoms with van der Waals surface area (Å²) in [7, 11) is 1.65. The van der Waals surface area contributed by atoms with E-state index in [4.69, 9.17) is 4.74 Å². The Hall–Kier alpha value is -0.610. The number of halogens is 1. The molecule has 82 valence electrons. The van der Waals surface area contributed by atoms with Crippen molar-refractivity contribution in [2.45, 2.75) is 18.8 Å². The van der Waals surface area contributed by atoms with Gasteiger partial charge in [-0.25, -0.2) is 4.98 Å². The molecule has 1 fully saturated rings. The Kier molecular flexibility index (Phi) is 3.59. The van der Waals surface area contributed by atoms with Crippen LogP contribution in [-0.2, 0) is 0 Å². The highest BCUT2D eigenvalue weighted by molar-refractivity contribution is 9.10. The zero-order valence-electron chi connectivity index (χ0n) is 8.79. The third-order valence-electron chi connectivity index (χ3n) is 2.81. The topological polar surface area (TPSA) is 34.1 Å². The van der Waals surface area contributed by atoms with Crippen LogP contribution >= 0.6 is 15.9 Å². The highest BCUT2D eigenvalue weighted by atomic mass is 79.9. The second-order valence-corrected chi connectivity index (χ2v) is 4.65. The fourth-order valence-electron chi connectivity index (χ4n) is 1.98. The molecule has 0 aromatic carbocycles. The molecule has 0 bridgehead atoms. The van der Waals surface area contributed by atoms with Crippen LogP contribution in [0, 0.1) is 0 Å². The lowest BCUT2D eigenvalue weighted by Gasteiger charge is -2.24. The van der Waals surface area contributed by atoms with Crippen LogP contribution in [0.2, 0.25) is 0 Å². The van der Waals surface area contributed by atoms with Crippen molar-refractivity contribution in [1.29, 1.82) is 0 Å². The molecular weight excluding hydrogens is 256 g/mol. The monoisotopic (exact) mass is 270 g/mol. The van der Waals surface area contributed by atoms with Crippen LogP contribution in [0.5, 0.6) is 5.88 Å². The minimum atomic E-state index is 0.574. The zero-order valence-corrected chi connectivity index (χ0v) is 10.4. The van der Waals surface area contributed by atoms with Crippen LogP contribution in [0.1, 0.15) is 24.3 Å². The van der Waals surface area contributed by atoms with E-state index in [0.717, 1.165) is 17.6 Å². The predicted molar refractivity (Wildman–Crippen MR) is 63.3 cm³/mol. The van der Waals surface area contributed by atoms with Crippen LogP contribution in [-0.4, -0.2) is 25.2 Å². The van der Waals surface area contributed by atoms with Gasteiger partial charge in [-0.05, 0) is 46.8 Å². The van der Waals surface area contributed by atoms with Gasteiger partial charge in [0.2, 0.25) is 5.88 Å². The van der Waals surface area contributed by atoms with Gasteiger partial charge in [-0.2, -0.15) is 0 Å². The Morgan fingerprint density at radius 1 is 1.60 bits per heavy atom. The van der Waals surface area contributed by atoms with Gasteiger partial charge in [0.15, 0.2) is 0 Å². The SMILES string of the molecule is COc1cc(C2CCCNC2)c(Br)cn1. The lowest BCUT2D eigenvalue weighted by Crippen LogP contribution is -2.28. The summed E-state index contributed by atoms with van der Waals surface area (Å²) in [5, 5.41) is 3.42. The van der Waals surface area contributed by atoms with Crippen molar-refractivity contribution in [3.8, 4) is 5.88 Å². The Morgan fingerprint density at radius 3 is 3.13 bits per heavy atom. The molecule has 0 amide bonds. The molecule has 0 saturated carbocycles. The van der Waals surface area contributed by atoms with Crippen LogP contribution in [0.3, 0.4) is 0 Å². The van der Waals surface area contributed by atoms with E-state index in [1.807, 2.05) is 12.3 Å². The third kappa shape index (κ3) is 2.49. The molecule has 1 N–H and O–H groups in total. The first-order valence-corrected chi connectivity index (χ1v) is 6.00. The Balaban J connectivity index is 2.24. The number of rotatable bonds is 2. The summed E-state index contributed by atoms with van der Waals surface area (Å²) in [5.41, 5.74) is 1.30. The molecule has 1 atom stereocenters. The lowest BCUT2D eigenvalue weighted by atomic mass is 9.92. The first kappa shape index (κ1) is 10.9. The zero-order chi connectivity index (χ0) is 10.7. The van der Waals surface area contributed by atoms with Gasteiger partial charge in [0, 0.05) is 23.3 Å². The summed E-state index contributed by atoms with van der Waals surface area (Å²) in [4.78, 5) is 4.16. The second-order valence-electron chi connectivity index (χ2n) is 3.79. The van der Waals surface area contributed by atoms with Crippen molar-refractivity contribution in [2.75, 3.05) is 20.2 Å². The largest absolute Gasteiger partial charge is 0.481 e. The number of ether oxygens (including phenoxy) is 1. The molecule has 4 heteroatoms. The van der Waals surface area contributed by atoms with Crippen LogP contribution in [0.15, 0.2) is 16.7 Å². The Morgan fingerprint density at radius 2 is 2.47 bits per heavy atom. The Labute approximate surface area is 98.4 Å². The maximum absolute atomic E-state index is 5.15. The molecule has 1 unspecified atom stereocenters. The van der Waals surface area contributed by atoms with Gasteiger partial charge in [-0.1, -0.05) is 0 Å². The summed E-state index contributed by atoms with van der Waals surface area (Å²) < 4.78 is 6.23. The van der Waals surface area contributed by atoms with Crippen LogP contribution < -0.4 is 10.1 Å². The summed E-state index contributed by atoms with van der Waals surface area (Å²) in [5.74, 6) is 1.27. The summed E-state index contributed by atoms with van der Waals surface area (Å²) >= 11 is 3.55. The number of nitrogens with one attached hydrogen (secondary N) is 1. The molecule has 1 aromatic heterocycles. The first-order valence-electron chi connectivity index (χ1n) is 5.21. The van der Waals surface area contributed by atoms with Gasteiger partial charge >= 0.3 is 0 Å². The van der Waals surface area contributed by atoms with E-state index in [1.54, 1.807) is 7.11 Å². The van der Waals surface area contributed by atoms with Crippen LogP contribution in [0.4, 0.5) is 0 Å². The predicted octanol–water partition coefficient (Wildman–Crippen LogP) is 2.32. The maximum atomic E-state index is 5.15. The quantitative estimate of drug-likeness (QED) is 0.896. The number of hydrogen-bond donors (Lipinski definition) is 1. The third-order valence-corrected chi connectivity index (χ3v) is 3.47. The second kappa shape index (κ2) is 4.94. The molecule has 1 saturated heterocycles. The molecule has 1 aliphatic heterocycles. The minimum absolute atomic E-state index is 0.574. The smallest absolute Gasteiger partial charge is 0.213 e. The highest BCUT2D eigenvalue weighted by Crippen LogP contribution is 2.31. The van der Waals surface area contributed by atoms with Gasteiger partial charge in [0.05, 0.1) is 7.11 Å². The molecule has 0 aliphatic carbocycles. The molecule has 2 rings (SSSR count). The average molecular weight is 271 g/mol. The van der Waals surface area contributed by atoms with Gasteiger partial charge in [0.25, 0.3) is 0 Å². The van der Waals surface area contributed by atoms with Crippen LogP contribution in [0.25, 0.3) is 0 Å². The minimum Gasteiger partial charge on any atom is -0.481 e. The average Bonchev–Trinajstić information content (AvgIpc) is 2.31. The standard InChI is InChI=1S/C11H15BrN2O/c1-15-11-5-9(10(12)7-14-11)8-3-2-4-13-6-8/h5,7-8,13H,2-4,6H2,1H3. The van der Waals surface area contributed by atoms with Crippen molar-refractivity contribution < 1.29 is 4.74 Å². The normalized spacial score (nSPS) is 21.3. The van der Waals surface area contributed by atoms with Crippen molar-refractivity contribution in [3.05, 3.63) is 22.3 Å². The van der Waals surface area contributed by atoms with E-state index >= 15 is 0 Å². The first-order chi connectivity index (χ1) is 7.31. The number of methoxy groups -OCH3 is 1. The van der Waals surface area contributed by atoms with E-state index in [9.17, 15) is 0 Å². The summed E-state index contributed by atoms with van der Waals surface area (Å²) in [6.07, 6.45) is 4.29. The van der Waals surface area contributed by atoms with Crippen molar-refractivity contribution in [1.82, 2.24) is 10.3 Å². The molecule has 3 nitrogen and oxygen atoms in total. The summed E-state index contributed by atoms with van der Waals surface area (Å²) in [6, 6.07) is 2.03. The van der Waals surface area contributed by atoms with Gasteiger partial charge in [0.1, 0.15) is 0 Å². The number of nitrogens with zero attached hydrogens (tertiary/aromatic N) is 1. The van der Waals surface area contributed by atoms with E-state index < -0.39 is 0 Å². The molecular formula is C11H15BrN2O. The Bertz CT molecular complexity index is 337. The molecule has 1 aliphatic rings. The molecule has 15 heavy (non-hydrogen) atoms. The van der Waals surface area contributed by atoms with E-state index in [0.29, 0.717) is 11.8 Å². The van der Waals surface area contributed by atoms with Crippen molar-refractivity contribution in [3.63, 3.8) is 0 Å². The van der Waals surface area contributed by atoms with Crippen molar-refractivity contribution in [2.24, 2.45) is 0 Å². The molecule has 0 spiro atoms. The number of hydrogen-bond acceptors (Lipinski definition) is 3. The highest BCUT2D eigenvalue weighted by Gasteiger charge is 2.18. The fourth-order valence-corrected chi connectivity index (χ4v) is 2.52. The number of piperidine rings is 1. The maximum Gasteiger partial charge on any atom is 0.213 e. The number of pyridine rings is 1. The molecule has 0 radical (unpaired) electrons. The number of aromatic nitrogens is 1. The summed E-state index contributed by atoms with van der Waals surface area (Å²) in [6.45, 7) is 2.18. The van der Waals surface area contributed by atoms with Gasteiger partial charge in [-0.15, -0.1) is 0 Å².